The Morgan fingerprint density at radius 2 is 2.31 bits per heavy atom. The second-order valence-electron chi connectivity index (χ2n) is 6.37. The first-order valence-electron chi connectivity index (χ1n) is 7.81. The number of hydrogen-bond acceptors (Lipinski definition) is 8. The number of aliphatic imine (C=N–C) groups is 1. The van der Waals surface area contributed by atoms with Gasteiger partial charge in [-0.15, -0.1) is 0 Å². The molecule has 10 nitrogen and oxygen atoms in total. The molecule has 1 saturated heterocycles. The van der Waals surface area contributed by atoms with E-state index in [1.54, 1.807) is 0 Å². The largest absolute Gasteiger partial charge is 0.394 e. The van der Waals surface area contributed by atoms with Crippen molar-refractivity contribution >= 4 is 34.4 Å². The summed E-state index contributed by atoms with van der Waals surface area (Å²) in [5.74, 6) is 0.554. The maximum Gasteiger partial charge on any atom is 0.261 e. The van der Waals surface area contributed by atoms with Crippen molar-refractivity contribution in [3.8, 4) is 0 Å². The zero-order chi connectivity index (χ0) is 18.6. The van der Waals surface area contributed by atoms with Gasteiger partial charge in [-0.2, -0.15) is 4.98 Å². The Balaban J connectivity index is 2.02. The molecule has 4 rings (SSSR count). The van der Waals surface area contributed by atoms with Crippen LogP contribution in [0.1, 0.15) is 13.2 Å². The van der Waals surface area contributed by atoms with Crippen molar-refractivity contribution < 1.29 is 20.1 Å². The third-order valence-electron chi connectivity index (χ3n) is 4.70. The van der Waals surface area contributed by atoms with Crippen LogP contribution in [0, 0.1) is 6.57 Å². The minimum atomic E-state index is -1.71. The Hall–Kier alpha value is -2.84. The number of rotatable bonds is 2. The Morgan fingerprint density at radius 3 is 2.96 bits per heavy atom. The van der Waals surface area contributed by atoms with Crippen LogP contribution in [0.15, 0.2) is 22.1 Å². The Bertz CT molecular complexity index is 1040. The second-order valence-corrected chi connectivity index (χ2v) is 6.37. The molecular weight excluding hydrogens is 342 g/mol. The van der Waals surface area contributed by atoms with Crippen molar-refractivity contribution in [2.75, 3.05) is 11.9 Å². The van der Waals surface area contributed by atoms with E-state index >= 15 is 0 Å². The van der Waals surface area contributed by atoms with Crippen LogP contribution in [0.5, 0.6) is 0 Å². The number of nitrogens with one attached hydrogen (secondary N) is 1. The highest BCUT2D eigenvalue weighted by Crippen LogP contribution is 2.45. The van der Waals surface area contributed by atoms with E-state index in [-0.39, 0.29) is 11.5 Å². The van der Waals surface area contributed by atoms with Gasteiger partial charge in [0.25, 0.3) is 5.56 Å². The molecule has 0 aliphatic carbocycles. The predicted octanol–water partition coefficient (Wildman–Crippen LogP) is 0.0342. The summed E-state index contributed by atoms with van der Waals surface area (Å²) in [6.07, 6.45) is -0.487. The predicted molar refractivity (Wildman–Crippen MR) is 91.7 cm³/mol. The number of aliphatic hydroxyl groups is 3. The van der Waals surface area contributed by atoms with Gasteiger partial charge in [-0.05, 0) is 6.92 Å². The van der Waals surface area contributed by atoms with E-state index in [1.807, 2.05) is 0 Å². The number of aliphatic hydroxyl groups excluding tert-OH is 2. The zero-order valence-electron chi connectivity index (χ0n) is 13.6. The minimum absolute atomic E-state index is 0.0829. The van der Waals surface area contributed by atoms with Crippen LogP contribution in [-0.4, -0.2) is 55.6 Å². The molecule has 0 amide bonds. The van der Waals surface area contributed by atoms with Gasteiger partial charge in [0.1, 0.15) is 29.4 Å². The van der Waals surface area contributed by atoms with E-state index in [2.05, 4.69) is 20.1 Å². The molecule has 134 valence electrons. The quantitative estimate of drug-likeness (QED) is 0.557. The van der Waals surface area contributed by atoms with Crippen LogP contribution in [-0.2, 0) is 4.74 Å². The van der Waals surface area contributed by atoms with Crippen LogP contribution in [0.2, 0.25) is 0 Å². The first kappa shape index (κ1) is 16.6. The summed E-state index contributed by atoms with van der Waals surface area (Å²) in [5, 5.41) is 34.0. The number of aromatic nitrogens is 2. The molecule has 0 spiro atoms. The van der Waals surface area contributed by atoms with Crippen LogP contribution in [0.3, 0.4) is 0 Å². The van der Waals surface area contributed by atoms with Gasteiger partial charge >= 0.3 is 0 Å². The monoisotopic (exact) mass is 357 g/mol. The van der Waals surface area contributed by atoms with Crippen molar-refractivity contribution in [3.05, 3.63) is 34.0 Å². The SMILES string of the molecule is [C-]#[N+]c1cc(=O)nc2c3c(n([C@@H]4O[C@H](CO)[C@@H](O)[C@@]4(C)O)cc13)N=CN2. The maximum absolute atomic E-state index is 11.9. The average molecular weight is 357 g/mol. The lowest BCUT2D eigenvalue weighted by Gasteiger charge is -2.28. The summed E-state index contributed by atoms with van der Waals surface area (Å²) >= 11 is 0. The third-order valence-corrected chi connectivity index (χ3v) is 4.70. The minimum Gasteiger partial charge on any atom is -0.394 e. The fourth-order valence-corrected chi connectivity index (χ4v) is 3.39. The van der Waals surface area contributed by atoms with Crippen LogP contribution >= 0.6 is 0 Å². The Kier molecular flexibility index (Phi) is 3.57. The van der Waals surface area contributed by atoms with Crippen LogP contribution in [0.4, 0.5) is 17.3 Å². The molecule has 0 radical (unpaired) electrons. The normalized spacial score (nSPS) is 29.6. The van der Waals surface area contributed by atoms with Gasteiger partial charge in [0, 0.05) is 17.6 Å². The molecule has 0 unspecified atom stereocenters. The molecule has 2 aliphatic heterocycles. The lowest BCUT2D eigenvalue weighted by Crippen LogP contribution is -2.44. The number of nitrogens with zero attached hydrogens (tertiary/aromatic N) is 4. The van der Waals surface area contributed by atoms with Gasteiger partial charge in [-0.3, -0.25) is 4.79 Å². The van der Waals surface area contributed by atoms with Crippen molar-refractivity contribution in [2.24, 2.45) is 4.99 Å². The average Bonchev–Trinajstić information content (AvgIpc) is 3.04. The molecule has 1 fully saturated rings. The molecule has 0 saturated carbocycles. The summed E-state index contributed by atoms with van der Waals surface area (Å²) in [7, 11) is 0. The molecule has 26 heavy (non-hydrogen) atoms. The van der Waals surface area contributed by atoms with Crippen molar-refractivity contribution in [1.29, 1.82) is 0 Å². The number of anilines is 1. The fraction of sp³-hybridized carbons (Fsp3) is 0.375. The van der Waals surface area contributed by atoms with Gasteiger partial charge in [0.15, 0.2) is 6.23 Å². The standard InChI is InChI=1S/C16H15N5O5/c1-16(25)12(24)9(5-22)26-15(16)21-4-7-8(17-2)3-10(23)20-13-11(7)14(21)19-6-18-13/h3-4,6,9,12,15,22,24-25H,5H2,1H3,(H,18,19,20,23)/t9-,12-,15-,16-/m1/s1. The summed E-state index contributed by atoms with van der Waals surface area (Å²) in [4.78, 5) is 23.4. The molecule has 4 N–H and O–H groups in total. The molecule has 4 heterocycles. The highest BCUT2D eigenvalue weighted by Gasteiger charge is 2.53. The molecule has 2 aliphatic rings. The van der Waals surface area contributed by atoms with Crippen molar-refractivity contribution in [3.63, 3.8) is 0 Å². The smallest absolute Gasteiger partial charge is 0.261 e. The molecular formula is C16H15N5O5. The summed E-state index contributed by atoms with van der Waals surface area (Å²) in [6, 6.07) is 1.12. The first-order valence-corrected chi connectivity index (χ1v) is 7.81. The third kappa shape index (κ3) is 2.16. The van der Waals surface area contributed by atoms with E-state index < -0.39 is 36.2 Å². The summed E-state index contributed by atoms with van der Waals surface area (Å²) < 4.78 is 7.12. The number of hydrogen-bond donors (Lipinski definition) is 4. The molecule has 4 atom stereocenters. The molecule has 0 bridgehead atoms. The van der Waals surface area contributed by atoms with E-state index in [0.29, 0.717) is 16.6 Å². The lowest BCUT2D eigenvalue weighted by atomic mass is 9.96. The van der Waals surface area contributed by atoms with Crippen molar-refractivity contribution in [2.45, 2.75) is 31.0 Å². The van der Waals surface area contributed by atoms with Gasteiger partial charge in [0.2, 0.25) is 5.69 Å². The molecule has 10 heteroatoms. The highest BCUT2D eigenvalue weighted by atomic mass is 16.6. The Labute approximate surface area is 146 Å². The van der Waals surface area contributed by atoms with Crippen molar-refractivity contribution in [1.82, 2.24) is 9.55 Å². The molecule has 0 aromatic carbocycles. The molecule has 2 aromatic heterocycles. The van der Waals surface area contributed by atoms with Gasteiger partial charge in [-0.25, -0.2) is 9.84 Å². The van der Waals surface area contributed by atoms with Gasteiger partial charge in [-0.1, -0.05) is 0 Å². The fourth-order valence-electron chi connectivity index (χ4n) is 3.39. The lowest BCUT2D eigenvalue weighted by molar-refractivity contribution is -0.0955. The highest BCUT2D eigenvalue weighted by molar-refractivity contribution is 6.10. The summed E-state index contributed by atoms with van der Waals surface area (Å²) in [6.45, 7) is 8.27. The zero-order valence-corrected chi connectivity index (χ0v) is 13.6. The van der Waals surface area contributed by atoms with E-state index in [4.69, 9.17) is 11.3 Å². The second kappa shape index (κ2) is 5.58. The first-order chi connectivity index (χ1) is 12.4. The van der Waals surface area contributed by atoms with Crippen LogP contribution in [0.25, 0.3) is 15.6 Å². The number of ether oxygens (including phenoxy) is 1. The van der Waals surface area contributed by atoms with E-state index in [0.717, 1.165) is 6.07 Å². The molecule has 2 aromatic rings. The summed E-state index contributed by atoms with van der Waals surface area (Å²) in [5.41, 5.74) is -2.20. The maximum atomic E-state index is 11.9. The van der Waals surface area contributed by atoms with E-state index in [9.17, 15) is 20.1 Å². The van der Waals surface area contributed by atoms with E-state index in [1.165, 1.54) is 24.0 Å². The topological polar surface area (TPSA) is 134 Å². The van der Waals surface area contributed by atoms with Gasteiger partial charge < -0.3 is 29.9 Å². The Morgan fingerprint density at radius 1 is 1.54 bits per heavy atom. The van der Waals surface area contributed by atoms with Gasteiger partial charge in [0.05, 0.1) is 24.9 Å². The van der Waals surface area contributed by atoms with Crippen LogP contribution < -0.4 is 10.9 Å².